The summed E-state index contributed by atoms with van der Waals surface area (Å²) in [4.78, 5) is 31.1. The molecule has 13 heteroatoms. The van der Waals surface area contributed by atoms with Crippen molar-refractivity contribution >= 4 is 60.8 Å². The van der Waals surface area contributed by atoms with Gasteiger partial charge in [0.05, 0.1) is 42.2 Å². The van der Waals surface area contributed by atoms with Crippen molar-refractivity contribution in [3.05, 3.63) is 60.4 Å². The van der Waals surface area contributed by atoms with Crippen molar-refractivity contribution < 1.29 is 19.0 Å². The number of hydrogen-bond donors (Lipinski definition) is 3. The molecule has 240 valence electrons. The maximum atomic E-state index is 12.7. The van der Waals surface area contributed by atoms with E-state index in [0.717, 1.165) is 71.5 Å². The maximum Gasteiger partial charge on any atom is 0.325 e. The number of aromatic nitrogens is 3. The number of likely N-dealkylation sites (N-methyl/N-ethyl adjacent to an activating group) is 1. The van der Waals surface area contributed by atoms with Crippen LogP contribution in [0, 0.1) is 6.92 Å². The molecule has 0 spiro atoms. The second-order valence-corrected chi connectivity index (χ2v) is 12.2. The summed E-state index contributed by atoms with van der Waals surface area (Å²) >= 11 is 1.38. The number of nitrogens with zero attached hydrogens (tertiary/aromatic N) is 5. The number of aryl methyl sites for hydroxylation is 1. The van der Waals surface area contributed by atoms with Gasteiger partial charge in [0.15, 0.2) is 16.6 Å². The molecule has 1 aliphatic heterocycles. The molecule has 2 aromatic heterocycles. The van der Waals surface area contributed by atoms with E-state index < -0.39 is 6.03 Å². The van der Waals surface area contributed by atoms with Gasteiger partial charge in [-0.05, 0) is 62.4 Å². The lowest BCUT2D eigenvalue weighted by molar-refractivity contribution is 0.145. The topological polar surface area (TPSA) is 126 Å². The average molecular weight is 643 g/mol. The monoisotopic (exact) mass is 642 g/mol. The highest BCUT2D eigenvalue weighted by atomic mass is 32.1. The van der Waals surface area contributed by atoms with E-state index in [1.54, 1.807) is 14.2 Å². The zero-order valence-electron chi connectivity index (χ0n) is 26.4. The molecule has 46 heavy (non-hydrogen) atoms. The van der Waals surface area contributed by atoms with Gasteiger partial charge >= 0.3 is 6.03 Å². The molecule has 3 N–H and O–H groups in total. The van der Waals surface area contributed by atoms with Gasteiger partial charge in [0.1, 0.15) is 17.9 Å². The summed E-state index contributed by atoms with van der Waals surface area (Å²) in [6.07, 6.45) is 2.47. The average Bonchev–Trinajstić information content (AvgIpc) is 3.45. The largest absolute Gasteiger partial charge is 0.495 e. The van der Waals surface area contributed by atoms with E-state index in [1.807, 2.05) is 55.5 Å². The first-order chi connectivity index (χ1) is 22.4. The Morgan fingerprint density at radius 2 is 1.74 bits per heavy atom. The van der Waals surface area contributed by atoms with Gasteiger partial charge in [0.25, 0.3) is 0 Å². The molecule has 12 nitrogen and oxygen atoms in total. The molecule has 2 amide bonds. The van der Waals surface area contributed by atoms with E-state index in [2.05, 4.69) is 47.7 Å². The van der Waals surface area contributed by atoms with Crippen LogP contribution in [0.15, 0.2) is 54.9 Å². The number of piperazine rings is 1. The smallest absolute Gasteiger partial charge is 0.325 e. The van der Waals surface area contributed by atoms with Gasteiger partial charge in [-0.15, -0.1) is 0 Å². The summed E-state index contributed by atoms with van der Waals surface area (Å²) in [5.41, 5.74) is 3.92. The highest BCUT2D eigenvalue weighted by Crippen LogP contribution is 2.36. The van der Waals surface area contributed by atoms with Gasteiger partial charge in [-0.1, -0.05) is 17.4 Å². The summed E-state index contributed by atoms with van der Waals surface area (Å²) < 4.78 is 18.1. The fourth-order valence-corrected chi connectivity index (χ4v) is 6.24. The molecular weight excluding hydrogens is 604 g/mol. The fourth-order valence-electron chi connectivity index (χ4n) is 5.34. The zero-order valence-corrected chi connectivity index (χ0v) is 27.2. The highest BCUT2D eigenvalue weighted by Gasteiger charge is 2.16. The van der Waals surface area contributed by atoms with Crippen molar-refractivity contribution in [3.63, 3.8) is 0 Å². The van der Waals surface area contributed by atoms with Gasteiger partial charge in [-0.3, -0.25) is 5.32 Å². The Balaban J connectivity index is 1.12. The summed E-state index contributed by atoms with van der Waals surface area (Å²) in [7, 11) is 5.37. The minimum absolute atomic E-state index is 0.402. The lowest BCUT2D eigenvalue weighted by atomic mass is 10.2. The first kappa shape index (κ1) is 31.3. The van der Waals surface area contributed by atoms with E-state index in [9.17, 15) is 4.79 Å². The molecule has 3 aromatic carbocycles. The number of urea groups is 1. The Hall–Kier alpha value is -4.72. The van der Waals surface area contributed by atoms with E-state index in [4.69, 9.17) is 14.2 Å². The van der Waals surface area contributed by atoms with Crippen LogP contribution in [0.25, 0.3) is 21.1 Å². The van der Waals surface area contributed by atoms with E-state index in [-0.39, 0.29) is 0 Å². The van der Waals surface area contributed by atoms with Gasteiger partial charge in [-0.2, -0.15) is 0 Å². The van der Waals surface area contributed by atoms with Crippen molar-refractivity contribution in [1.29, 1.82) is 0 Å². The molecule has 0 atom stereocenters. The molecule has 1 fully saturated rings. The molecule has 1 aliphatic rings. The Kier molecular flexibility index (Phi) is 9.62. The Bertz CT molecular complexity index is 1840. The lowest BCUT2D eigenvalue weighted by Crippen LogP contribution is -2.44. The molecule has 0 bridgehead atoms. The third-order valence-electron chi connectivity index (χ3n) is 7.87. The number of ether oxygens (including phenoxy) is 3. The lowest BCUT2D eigenvalue weighted by Gasteiger charge is -2.32. The third-order valence-corrected chi connectivity index (χ3v) is 8.80. The summed E-state index contributed by atoms with van der Waals surface area (Å²) in [5, 5.41) is 10.4. The van der Waals surface area contributed by atoms with Gasteiger partial charge in [0.2, 0.25) is 0 Å². The van der Waals surface area contributed by atoms with E-state index >= 15 is 0 Å². The number of amides is 2. The van der Waals surface area contributed by atoms with Crippen LogP contribution in [0.2, 0.25) is 0 Å². The van der Waals surface area contributed by atoms with Crippen LogP contribution < -0.4 is 30.2 Å². The van der Waals surface area contributed by atoms with Crippen molar-refractivity contribution in [3.8, 4) is 17.2 Å². The summed E-state index contributed by atoms with van der Waals surface area (Å²) in [6.45, 7) is 7.96. The Morgan fingerprint density at radius 1 is 0.913 bits per heavy atom. The molecular formula is C33H38N8O4S. The number of hydrogen-bond acceptors (Lipinski definition) is 11. The standard InChI is InChI=1S/C33H38N8O4S/c1-21-6-9-27(43-3)26(16-21)37-32(42)39-33-38-24-8-7-22(17-30(24)46-33)36-31-23-18-28(44-4)29(19-25(23)34-20-35-31)45-15-5-10-41-13-11-40(2)12-14-41/h6-9,16-20H,5,10-15H2,1-4H3,(H,34,35,36)(H2,37,38,39,42). The van der Waals surface area contributed by atoms with Crippen molar-refractivity contribution in [1.82, 2.24) is 24.8 Å². The predicted molar refractivity (Wildman–Crippen MR) is 183 cm³/mol. The second kappa shape index (κ2) is 14.1. The molecule has 5 aromatic rings. The molecule has 1 saturated heterocycles. The minimum atomic E-state index is -0.402. The molecule has 3 heterocycles. The number of carbonyl (C=O) groups excluding carboxylic acids is 1. The Labute approximate surface area is 271 Å². The minimum Gasteiger partial charge on any atom is -0.495 e. The second-order valence-electron chi connectivity index (χ2n) is 11.2. The maximum absolute atomic E-state index is 12.7. The molecule has 0 unspecified atom stereocenters. The van der Waals surface area contributed by atoms with E-state index in [1.165, 1.54) is 17.7 Å². The molecule has 0 saturated carbocycles. The van der Waals surface area contributed by atoms with E-state index in [0.29, 0.717) is 40.5 Å². The van der Waals surface area contributed by atoms with Crippen LogP contribution in [-0.4, -0.2) is 91.4 Å². The van der Waals surface area contributed by atoms with Crippen molar-refractivity contribution in [2.45, 2.75) is 13.3 Å². The van der Waals surface area contributed by atoms with Crippen LogP contribution in [-0.2, 0) is 0 Å². The first-order valence-electron chi connectivity index (χ1n) is 15.1. The van der Waals surface area contributed by atoms with Crippen LogP contribution in [0.1, 0.15) is 12.0 Å². The Morgan fingerprint density at radius 3 is 2.54 bits per heavy atom. The van der Waals surface area contributed by atoms with Crippen LogP contribution >= 0.6 is 11.3 Å². The third kappa shape index (κ3) is 7.39. The number of thiazole rings is 1. The number of rotatable bonds is 11. The number of methoxy groups -OCH3 is 2. The van der Waals surface area contributed by atoms with Crippen LogP contribution in [0.3, 0.4) is 0 Å². The van der Waals surface area contributed by atoms with Crippen LogP contribution in [0.4, 0.5) is 27.1 Å². The number of nitrogens with one attached hydrogen (secondary N) is 3. The van der Waals surface area contributed by atoms with Gasteiger partial charge in [0, 0.05) is 49.9 Å². The number of benzene rings is 3. The highest BCUT2D eigenvalue weighted by molar-refractivity contribution is 7.22. The SMILES string of the molecule is COc1ccc(C)cc1NC(=O)Nc1nc2ccc(Nc3ncnc4cc(OCCCN5CCN(C)CC5)c(OC)cc34)cc2s1. The van der Waals surface area contributed by atoms with Crippen molar-refractivity contribution in [2.75, 3.05) is 76.5 Å². The number of carbonyl (C=O) groups is 1. The summed E-state index contributed by atoms with van der Waals surface area (Å²) in [6, 6.07) is 14.8. The predicted octanol–water partition coefficient (Wildman–Crippen LogP) is 5.97. The molecule has 0 radical (unpaired) electrons. The quantitative estimate of drug-likeness (QED) is 0.148. The van der Waals surface area contributed by atoms with Crippen LogP contribution in [0.5, 0.6) is 17.2 Å². The molecule has 0 aliphatic carbocycles. The summed E-state index contributed by atoms with van der Waals surface area (Å²) in [5.74, 6) is 2.50. The zero-order chi connectivity index (χ0) is 32.0. The van der Waals surface area contributed by atoms with Crippen molar-refractivity contribution in [2.24, 2.45) is 0 Å². The molecule has 6 rings (SSSR count). The number of fused-ring (bicyclic) bond motifs is 2. The fraction of sp³-hybridized carbons (Fsp3) is 0.333. The van der Waals surface area contributed by atoms with Gasteiger partial charge in [-0.25, -0.2) is 19.7 Å². The number of anilines is 4. The normalized spacial score (nSPS) is 13.9. The van der Waals surface area contributed by atoms with Gasteiger partial charge < -0.3 is 34.6 Å². The first-order valence-corrected chi connectivity index (χ1v) is 16.0.